The molecule has 0 saturated carbocycles. The summed E-state index contributed by atoms with van der Waals surface area (Å²) in [6.45, 7) is 6.04. The van der Waals surface area contributed by atoms with Gasteiger partial charge in [0, 0.05) is 50.8 Å². The fourth-order valence-electron chi connectivity index (χ4n) is 3.95. The van der Waals surface area contributed by atoms with Gasteiger partial charge >= 0.3 is 0 Å². The molecule has 1 aliphatic rings. The largest absolute Gasteiger partial charge is 0.490 e. The van der Waals surface area contributed by atoms with E-state index >= 15 is 0 Å². The van der Waals surface area contributed by atoms with Crippen molar-refractivity contribution in [2.45, 2.75) is 32.7 Å². The molecule has 1 unspecified atom stereocenters. The van der Waals surface area contributed by atoms with Gasteiger partial charge in [-0.05, 0) is 49.7 Å². The molecule has 1 amide bonds. The molecule has 8 heteroatoms. The summed E-state index contributed by atoms with van der Waals surface area (Å²) in [6.07, 6.45) is 0.367. The number of hydrogen-bond acceptors (Lipinski definition) is 7. The smallest absolute Gasteiger partial charge is 0.258 e. The van der Waals surface area contributed by atoms with Gasteiger partial charge in [-0.2, -0.15) is 4.98 Å². The van der Waals surface area contributed by atoms with Crippen LogP contribution in [-0.2, 0) is 11.3 Å². The number of anilines is 1. The number of likely N-dealkylation sites (tertiary alicyclic amines) is 1. The summed E-state index contributed by atoms with van der Waals surface area (Å²) < 4.78 is 16.9. The Morgan fingerprint density at radius 3 is 2.64 bits per heavy atom. The zero-order valence-corrected chi connectivity index (χ0v) is 19.6. The van der Waals surface area contributed by atoms with Gasteiger partial charge in [0.15, 0.2) is 17.3 Å². The van der Waals surface area contributed by atoms with E-state index in [1.807, 2.05) is 80.2 Å². The zero-order chi connectivity index (χ0) is 23.4. The van der Waals surface area contributed by atoms with Crippen molar-refractivity contribution in [2.75, 3.05) is 38.8 Å². The summed E-state index contributed by atoms with van der Waals surface area (Å²) in [5, 5.41) is 4.18. The summed E-state index contributed by atoms with van der Waals surface area (Å²) in [7, 11) is 3.97. The van der Waals surface area contributed by atoms with Crippen LogP contribution >= 0.6 is 0 Å². The van der Waals surface area contributed by atoms with Crippen molar-refractivity contribution >= 4 is 11.6 Å². The minimum Gasteiger partial charge on any atom is -0.490 e. The van der Waals surface area contributed by atoms with E-state index in [1.54, 1.807) is 0 Å². The highest BCUT2D eigenvalue weighted by atomic mass is 16.5. The number of hydrogen-bond donors (Lipinski definition) is 0. The van der Waals surface area contributed by atoms with Gasteiger partial charge in [0.25, 0.3) is 5.89 Å². The van der Waals surface area contributed by atoms with Crippen LogP contribution < -0.4 is 14.4 Å². The summed E-state index contributed by atoms with van der Waals surface area (Å²) in [4.78, 5) is 21.2. The van der Waals surface area contributed by atoms with Crippen molar-refractivity contribution in [3.8, 4) is 23.0 Å². The van der Waals surface area contributed by atoms with Crippen LogP contribution in [0.15, 0.2) is 47.0 Å². The Kier molecular flexibility index (Phi) is 6.82. The Hall–Kier alpha value is -3.55. The highest BCUT2D eigenvalue weighted by Crippen LogP contribution is 2.32. The van der Waals surface area contributed by atoms with Crippen LogP contribution in [0.3, 0.4) is 0 Å². The predicted octanol–water partition coefficient (Wildman–Crippen LogP) is 4.12. The Morgan fingerprint density at radius 2 is 1.88 bits per heavy atom. The number of aromatic nitrogens is 2. The topological polar surface area (TPSA) is 80.9 Å². The van der Waals surface area contributed by atoms with Crippen molar-refractivity contribution in [3.63, 3.8) is 0 Å². The van der Waals surface area contributed by atoms with E-state index in [2.05, 4.69) is 10.1 Å². The molecule has 1 atom stereocenters. The van der Waals surface area contributed by atoms with Crippen molar-refractivity contribution in [1.82, 2.24) is 15.0 Å². The highest BCUT2D eigenvalue weighted by molar-refractivity contribution is 5.79. The van der Waals surface area contributed by atoms with Crippen molar-refractivity contribution in [2.24, 2.45) is 0 Å². The first kappa shape index (κ1) is 22.6. The SMILES string of the molecule is CCOc1ccc(CN2CC(c3noc(-c4cccc(N(C)C)c4)n3)CC2=O)cc1OCC. The van der Waals surface area contributed by atoms with Gasteiger partial charge in [-0.1, -0.05) is 17.3 Å². The Balaban J connectivity index is 1.46. The maximum atomic E-state index is 12.7. The maximum absolute atomic E-state index is 12.7. The van der Waals surface area contributed by atoms with Gasteiger partial charge in [0.1, 0.15) is 0 Å². The van der Waals surface area contributed by atoms with Gasteiger partial charge in [-0.3, -0.25) is 4.79 Å². The van der Waals surface area contributed by atoms with Crippen LogP contribution in [0.2, 0.25) is 0 Å². The number of benzene rings is 2. The van der Waals surface area contributed by atoms with E-state index < -0.39 is 0 Å². The lowest BCUT2D eigenvalue weighted by Crippen LogP contribution is -2.24. The molecule has 33 heavy (non-hydrogen) atoms. The van der Waals surface area contributed by atoms with E-state index in [-0.39, 0.29) is 11.8 Å². The Bertz CT molecular complexity index is 1110. The standard InChI is InChI=1S/C25H30N4O4/c1-5-31-21-11-10-17(12-22(21)32-6-2)15-29-16-19(14-23(29)30)24-26-25(33-27-24)18-8-7-9-20(13-18)28(3)4/h7-13,19H,5-6,14-16H2,1-4H3. The second-order valence-electron chi connectivity index (χ2n) is 8.22. The number of ether oxygens (including phenoxy) is 2. The molecule has 4 rings (SSSR count). The lowest BCUT2D eigenvalue weighted by atomic mass is 10.1. The van der Waals surface area contributed by atoms with Crippen molar-refractivity contribution < 1.29 is 18.8 Å². The van der Waals surface area contributed by atoms with Gasteiger partial charge < -0.3 is 23.8 Å². The second kappa shape index (κ2) is 9.94. The number of rotatable bonds is 9. The predicted molar refractivity (Wildman–Crippen MR) is 126 cm³/mol. The number of amides is 1. The van der Waals surface area contributed by atoms with Gasteiger partial charge in [-0.15, -0.1) is 0 Å². The second-order valence-corrected chi connectivity index (χ2v) is 8.22. The Labute approximate surface area is 194 Å². The third-order valence-electron chi connectivity index (χ3n) is 5.61. The van der Waals surface area contributed by atoms with Crippen LogP contribution in [0.1, 0.15) is 37.6 Å². The lowest BCUT2D eigenvalue weighted by molar-refractivity contribution is -0.128. The molecule has 0 spiro atoms. The molecule has 2 heterocycles. The van der Waals surface area contributed by atoms with E-state index in [4.69, 9.17) is 14.0 Å². The van der Waals surface area contributed by atoms with E-state index in [0.29, 0.717) is 55.9 Å². The molecule has 0 bridgehead atoms. The van der Waals surface area contributed by atoms with E-state index in [1.165, 1.54) is 0 Å². The fourth-order valence-corrected chi connectivity index (χ4v) is 3.95. The molecule has 174 valence electrons. The number of carbonyl (C=O) groups is 1. The molecule has 1 saturated heterocycles. The van der Waals surface area contributed by atoms with E-state index in [0.717, 1.165) is 16.8 Å². The molecule has 0 N–H and O–H groups in total. The quantitative estimate of drug-likeness (QED) is 0.485. The van der Waals surface area contributed by atoms with E-state index in [9.17, 15) is 4.79 Å². The first-order valence-corrected chi connectivity index (χ1v) is 11.3. The fraction of sp³-hybridized carbons (Fsp3) is 0.400. The van der Waals surface area contributed by atoms with Gasteiger partial charge in [-0.25, -0.2) is 0 Å². The summed E-state index contributed by atoms with van der Waals surface area (Å²) >= 11 is 0. The van der Waals surface area contributed by atoms with Crippen LogP contribution in [0.5, 0.6) is 11.5 Å². The normalized spacial score (nSPS) is 15.7. The Morgan fingerprint density at radius 1 is 1.09 bits per heavy atom. The molecule has 8 nitrogen and oxygen atoms in total. The lowest BCUT2D eigenvalue weighted by Gasteiger charge is -2.18. The van der Waals surface area contributed by atoms with Gasteiger partial charge in [0.2, 0.25) is 5.91 Å². The van der Waals surface area contributed by atoms with Crippen LogP contribution in [0, 0.1) is 0 Å². The molecule has 2 aromatic carbocycles. The number of carbonyl (C=O) groups excluding carboxylic acids is 1. The average Bonchev–Trinajstić information content (AvgIpc) is 3.43. The minimum atomic E-state index is -0.0962. The van der Waals surface area contributed by atoms with Crippen molar-refractivity contribution in [3.05, 3.63) is 53.9 Å². The molecule has 0 aliphatic carbocycles. The third-order valence-corrected chi connectivity index (χ3v) is 5.61. The summed E-state index contributed by atoms with van der Waals surface area (Å²) in [5.41, 5.74) is 2.90. The molecular formula is C25H30N4O4. The minimum absolute atomic E-state index is 0.0767. The molecule has 3 aromatic rings. The van der Waals surface area contributed by atoms with Crippen LogP contribution in [0.4, 0.5) is 5.69 Å². The maximum Gasteiger partial charge on any atom is 0.258 e. The molecule has 1 aliphatic heterocycles. The molecule has 0 radical (unpaired) electrons. The van der Waals surface area contributed by atoms with Crippen LogP contribution in [0.25, 0.3) is 11.5 Å². The third kappa shape index (κ3) is 5.10. The average molecular weight is 451 g/mol. The van der Waals surface area contributed by atoms with Crippen LogP contribution in [-0.4, -0.2) is 54.8 Å². The molecular weight excluding hydrogens is 420 g/mol. The number of nitrogens with zero attached hydrogens (tertiary/aromatic N) is 4. The highest BCUT2D eigenvalue weighted by Gasteiger charge is 2.34. The van der Waals surface area contributed by atoms with Gasteiger partial charge in [0.05, 0.1) is 13.2 Å². The molecule has 1 fully saturated rings. The summed E-state index contributed by atoms with van der Waals surface area (Å²) in [6, 6.07) is 13.7. The zero-order valence-electron chi connectivity index (χ0n) is 19.6. The summed E-state index contributed by atoms with van der Waals surface area (Å²) in [5.74, 6) is 2.42. The first-order valence-electron chi connectivity index (χ1n) is 11.3. The van der Waals surface area contributed by atoms with Crippen molar-refractivity contribution in [1.29, 1.82) is 0 Å². The monoisotopic (exact) mass is 450 g/mol. The first-order chi connectivity index (χ1) is 16.0. The molecule has 1 aromatic heterocycles.